The van der Waals surface area contributed by atoms with Crippen molar-refractivity contribution in [2.75, 3.05) is 5.32 Å². The van der Waals surface area contributed by atoms with Crippen molar-refractivity contribution in [3.05, 3.63) is 12.4 Å². The average Bonchev–Trinajstić information content (AvgIpc) is 3.00. The highest BCUT2D eigenvalue weighted by Crippen LogP contribution is 2.19. The van der Waals surface area contributed by atoms with Gasteiger partial charge >= 0.3 is 0 Å². The van der Waals surface area contributed by atoms with Crippen LogP contribution in [0.5, 0.6) is 0 Å². The highest BCUT2D eigenvalue weighted by molar-refractivity contribution is 5.84. The first kappa shape index (κ1) is 12.0. The molecule has 5 nitrogen and oxygen atoms in total. The van der Waals surface area contributed by atoms with E-state index in [0.29, 0.717) is 6.04 Å². The number of hydrogen-bond donors (Lipinski definition) is 2. The Morgan fingerprint density at radius 3 is 3.06 bits per heavy atom. The summed E-state index contributed by atoms with van der Waals surface area (Å²) in [6, 6.07) is 0.199. The number of nitrogens with zero attached hydrogens (tertiary/aromatic N) is 2. The third-order valence-corrected chi connectivity index (χ3v) is 2.79. The first-order chi connectivity index (χ1) is 8.19. The van der Waals surface area contributed by atoms with Crippen LogP contribution in [0.2, 0.25) is 0 Å². The van der Waals surface area contributed by atoms with Crippen LogP contribution in [0, 0.1) is 0 Å². The summed E-state index contributed by atoms with van der Waals surface area (Å²) in [5, 5.41) is 10.3. The molecule has 0 aromatic carbocycles. The maximum Gasteiger partial charge on any atom is 0.242 e. The molecule has 1 aromatic rings. The fraction of sp³-hybridized carbons (Fsp3) is 0.667. The van der Waals surface area contributed by atoms with Crippen molar-refractivity contribution in [3.63, 3.8) is 0 Å². The smallest absolute Gasteiger partial charge is 0.242 e. The predicted molar refractivity (Wildman–Crippen MR) is 66.8 cm³/mol. The molecule has 0 unspecified atom stereocenters. The van der Waals surface area contributed by atoms with Gasteiger partial charge in [-0.05, 0) is 26.2 Å². The molecule has 1 fully saturated rings. The van der Waals surface area contributed by atoms with Gasteiger partial charge in [0.15, 0.2) is 0 Å². The minimum atomic E-state index is -0.213. The SMILES string of the molecule is CCCn1cc(N[C@H](C)C(=O)NC2CC2)cn1. The fourth-order valence-electron chi connectivity index (χ4n) is 1.66. The summed E-state index contributed by atoms with van der Waals surface area (Å²) in [5.74, 6) is 0.0655. The van der Waals surface area contributed by atoms with Gasteiger partial charge < -0.3 is 10.6 Å². The Morgan fingerprint density at radius 2 is 2.41 bits per heavy atom. The Balaban J connectivity index is 1.83. The van der Waals surface area contributed by atoms with E-state index in [0.717, 1.165) is 31.5 Å². The van der Waals surface area contributed by atoms with E-state index in [4.69, 9.17) is 0 Å². The lowest BCUT2D eigenvalue weighted by Crippen LogP contribution is -2.38. The molecule has 1 heterocycles. The van der Waals surface area contributed by atoms with Gasteiger partial charge in [-0.15, -0.1) is 0 Å². The molecule has 1 saturated carbocycles. The molecule has 0 saturated heterocycles. The van der Waals surface area contributed by atoms with Gasteiger partial charge in [-0.3, -0.25) is 9.48 Å². The van der Waals surface area contributed by atoms with E-state index in [1.807, 2.05) is 17.8 Å². The quantitative estimate of drug-likeness (QED) is 0.784. The lowest BCUT2D eigenvalue weighted by Gasteiger charge is -2.13. The monoisotopic (exact) mass is 236 g/mol. The van der Waals surface area contributed by atoms with Gasteiger partial charge in [0.1, 0.15) is 6.04 Å². The molecule has 0 bridgehead atoms. The number of rotatable bonds is 6. The largest absolute Gasteiger partial charge is 0.371 e. The molecule has 0 aliphatic heterocycles. The van der Waals surface area contributed by atoms with Crippen LogP contribution in [0.15, 0.2) is 12.4 Å². The third-order valence-electron chi connectivity index (χ3n) is 2.79. The van der Waals surface area contributed by atoms with Crippen LogP contribution in [0.25, 0.3) is 0 Å². The van der Waals surface area contributed by atoms with Crippen LogP contribution in [0.1, 0.15) is 33.1 Å². The van der Waals surface area contributed by atoms with Gasteiger partial charge in [0.05, 0.1) is 11.9 Å². The number of carbonyl (C=O) groups is 1. The van der Waals surface area contributed by atoms with E-state index in [9.17, 15) is 4.79 Å². The molecule has 2 N–H and O–H groups in total. The Hall–Kier alpha value is -1.52. The molecule has 1 aliphatic rings. The van der Waals surface area contributed by atoms with E-state index in [1.165, 1.54) is 0 Å². The average molecular weight is 236 g/mol. The summed E-state index contributed by atoms with van der Waals surface area (Å²) >= 11 is 0. The Bertz CT molecular complexity index is 384. The van der Waals surface area contributed by atoms with Crippen LogP contribution >= 0.6 is 0 Å². The van der Waals surface area contributed by atoms with E-state index < -0.39 is 0 Å². The van der Waals surface area contributed by atoms with E-state index >= 15 is 0 Å². The molecule has 1 aliphatic carbocycles. The zero-order chi connectivity index (χ0) is 12.3. The lowest BCUT2D eigenvalue weighted by molar-refractivity contribution is -0.121. The molecule has 94 valence electrons. The maximum atomic E-state index is 11.7. The number of anilines is 1. The summed E-state index contributed by atoms with van der Waals surface area (Å²) < 4.78 is 1.88. The third kappa shape index (κ3) is 3.47. The molecular formula is C12H20N4O. The number of carbonyl (C=O) groups excluding carboxylic acids is 1. The molecule has 0 radical (unpaired) electrons. The van der Waals surface area contributed by atoms with Crippen molar-refractivity contribution < 1.29 is 4.79 Å². The number of aryl methyl sites for hydroxylation is 1. The van der Waals surface area contributed by atoms with Crippen LogP contribution in [-0.2, 0) is 11.3 Å². The second-order valence-corrected chi connectivity index (χ2v) is 4.64. The van der Waals surface area contributed by atoms with Gasteiger partial charge in [0, 0.05) is 18.8 Å². The molecule has 5 heteroatoms. The first-order valence-corrected chi connectivity index (χ1v) is 6.28. The topological polar surface area (TPSA) is 59.0 Å². The van der Waals surface area contributed by atoms with Crippen LogP contribution < -0.4 is 10.6 Å². The van der Waals surface area contributed by atoms with Gasteiger partial charge in [-0.1, -0.05) is 6.92 Å². The van der Waals surface area contributed by atoms with Crippen molar-refractivity contribution in [1.29, 1.82) is 0 Å². The van der Waals surface area contributed by atoms with Gasteiger partial charge in [0.2, 0.25) is 5.91 Å². The summed E-state index contributed by atoms with van der Waals surface area (Å²) in [6.07, 6.45) is 6.99. The first-order valence-electron chi connectivity index (χ1n) is 6.28. The van der Waals surface area contributed by atoms with Crippen LogP contribution in [0.4, 0.5) is 5.69 Å². The van der Waals surface area contributed by atoms with E-state index in [1.54, 1.807) is 6.20 Å². The zero-order valence-corrected chi connectivity index (χ0v) is 10.4. The van der Waals surface area contributed by atoms with Crippen molar-refractivity contribution in [2.24, 2.45) is 0 Å². The second-order valence-electron chi connectivity index (χ2n) is 4.64. The molecule has 17 heavy (non-hydrogen) atoms. The molecular weight excluding hydrogens is 216 g/mol. The Morgan fingerprint density at radius 1 is 1.65 bits per heavy atom. The summed E-state index contributed by atoms with van der Waals surface area (Å²) in [5.41, 5.74) is 0.900. The van der Waals surface area contributed by atoms with Crippen LogP contribution in [-0.4, -0.2) is 27.8 Å². The molecule has 1 aromatic heterocycles. The highest BCUT2D eigenvalue weighted by Gasteiger charge is 2.25. The van der Waals surface area contributed by atoms with Crippen molar-refractivity contribution >= 4 is 11.6 Å². The van der Waals surface area contributed by atoms with Crippen LogP contribution in [0.3, 0.4) is 0 Å². The number of nitrogens with one attached hydrogen (secondary N) is 2. The van der Waals surface area contributed by atoms with Gasteiger partial charge in [0.25, 0.3) is 0 Å². The molecule has 1 atom stereocenters. The van der Waals surface area contributed by atoms with Crippen molar-refractivity contribution in [2.45, 2.75) is 51.7 Å². The zero-order valence-electron chi connectivity index (χ0n) is 10.4. The van der Waals surface area contributed by atoms with Gasteiger partial charge in [-0.25, -0.2) is 0 Å². The standard InChI is InChI=1S/C12H20N4O/c1-3-6-16-8-11(7-13-16)14-9(2)12(17)15-10-4-5-10/h7-10,14H,3-6H2,1-2H3,(H,15,17)/t9-/m1/s1. The molecule has 0 spiro atoms. The maximum absolute atomic E-state index is 11.7. The lowest BCUT2D eigenvalue weighted by atomic mass is 10.3. The fourth-order valence-corrected chi connectivity index (χ4v) is 1.66. The normalized spacial score (nSPS) is 16.6. The minimum absolute atomic E-state index is 0.0655. The number of hydrogen-bond acceptors (Lipinski definition) is 3. The summed E-state index contributed by atoms with van der Waals surface area (Å²) in [7, 11) is 0. The molecule has 1 amide bonds. The number of amides is 1. The number of aromatic nitrogens is 2. The molecule has 2 rings (SSSR count). The Labute approximate surface area is 102 Å². The summed E-state index contributed by atoms with van der Waals surface area (Å²) in [4.78, 5) is 11.7. The summed E-state index contributed by atoms with van der Waals surface area (Å²) in [6.45, 7) is 4.89. The second kappa shape index (κ2) is 5.21. The van der Waals surface area contributed by atoms with E-state index in [2.05, 4.69) is 22.7 Å². The highest BCUT2D eigenvalue weighted by atomic mass is 16.2. The van der Waals surface area contributed by atoms with Crippen molar-refractivity contribution in [3.8, 4) is 0 Å². The van der Waals surface area contributed by atoms with E-state index in [-0.39, 0.29) is 11.9 Å². The minimum Gasteiger partial charge on any atom is -0.371 e. The Kier molecular flexibility index (Phi) is 3.66. The van der Waals surface area contributed by atoms with Crippen molar-refractivity contribution in [1.82, 2.24) is 15.1 Å². The van der Waals surface area contributed by atoms with Gasteiger partial charge in [-0.2, -0.15) is 5.10 Å². The predicted octanol–water partition coefficient (Wildman–Crippen LogP) is 1.37.